The Hall–Kier alpha value is -0.670. The van der Waals surface area contributed by atoms with Crippen molar-refractivity contribution in [2.75, 3.05) is 0 Å². The molecule has 1 aromatic carbocycles. The number of hydrogen-bond donors (Lipinski definition) is 1. The van der Waals surface area contributed by atoms with Crippen LogP contribution in [0.2, 0.25) is 0 Å². The van der Waals surface area contributed by atoms with Crippen molar-refractivity contribution in [3.63, 3.8) is 0 Å². The smallest absolute Gasteiger partial charge is 0.137 e. The monoisotopic (exact) mass is 298 g/mol. The molecule has 1 nitrogen and oxygen atoms in total. The van der Waals surface area contributed by atoms with Gasteiger partial charge in [-0.1, -0.05) is 24.1 Å². The minimum Gasteiger partial charge on any atom is -0.389 e. The molecule has 0 aromatic heterocycles. The second-order valence-electron chi connectivity index (χ2n) is 4.56. The molecule has 0 bridgehead atoms. The normalized spacial score (nSPS) is 20.9. The van der Waals surface area contributed by atoms with Crippen LogP contribution in [0.4, 0.5) is 4.39 Å². The highest BCUT2D eigenvalue weighted by Crippen LogP contribution is 2.23. The molecule has 0 radical (unpaired) electrons. The zero-order chi connectivity index (χ0) is 12.3. The molecule has 0 saturated heterocycles. The van der Waals surface area contributed by atoms with E-state index in [1.54, 1.807) is 6.07 Å². The van der Waals surface area contributed by atoms with E-state index < -0.39 is 0 Å². The van der Waals surface area contributed by atoms with Gasteiger partial charge in [0.25, 0.3) is 0 Å². The van der Waals surface area contributed by atoms with Crippen molar-refractivity contribution < 1.29 is 9.50 Å². The third kappa shape index (κ3) is 3.65. The lowest BCUT2D eigenvalue weighted by Crippen LogP contribution is -2.01. The van der Waals surface area contributed by atoms with Gasteiger partial charge in [-0.3, -0.25) is 0 Å². The number of aliphatic hydroxyl groups is 1. The SMILES string of the molecule is OC1C=C(Cc2ccc(F)c(Br)c2)CCCC1. The van der Waals surface area contributed by atoms with E-state index in [1.807, 2.05) is 12.1 Å². The Kier molecular flexibility index (Phi) is 4.35. The van der Waals surface area contributed by atoms with Gasteiger partial charge >= 0.3 is 0 Å². The van der Waals surface area contributed by atoms with Crippen LogP contribution in [0.3, 0.4) is 0 Å². The van der Waals surface area contributed by atoms with E-state index in [0.717, 1.165) is 37.7 Å². The fourth-order valence-corrected chi connectivity index (χ4v) is 2.63. The highest BCUT2D eigenvalue weighted by Gasteiger charge is 2.10. The standard InChI is InChI=1S/C14H16BrFO/c15-13-9-11(5-6-14(13)16)7-10-3-1-2-4-12(17)8-10/h5-6,8-9,12,17H,1-4,7H2. The Labute approximate surface area is 109 Å². The number of benzene rings is 1. The highest BCUT2D eigenvalue weighted by molar-refractivity contribution is 9.10. The molecule has 1 aliphatic rings. The number of hydrogen-bond acceptors (Lipinski definition) is 1. The predicted molar refractivity (Wildman–Crippen MR) is 70.4 cm³/mol. The first kappa shape index (κ1) is 12.8. The van der Waals surface area contributed by atoms with Gasteiger partial charge in [0, 0.05) is 0 Å². The summed E-state index contributed by atoms with van der Waals surface area (Å²) in [4.78, 5) is 0. The highest BCUT2D eigenvalue weighted by atomic mass is 79.9. The quantitative estimate of drug-likeness (QED) is 0.819. The average molecular weight is 299 g/mol. The molecule has 17 heavy (non-hydrogen) atoms. The van der Waals surface area contributed by atoms with Crippen LogP contribution in [0.1, 0.15) is 31.2 Å². The van der Waals surface area contributed by atoms with Gasteiger partial charge in [-0.05, 0) is 59.3 Å². The van der Waals surface area contributed by atoms with E-state index in [4.69, 9.17) is 0 Å². The molecule has 1 unspecified atom stereocenters. The molecule has 3 heteroatoms. The molecule has 0 heterocycles. The predicted octanol–water partition coefficient (Wildman–Crippen LogP) is 3.99. The average Bonchev–Trinajstić information content (AvgIpc) is 2.48. The molecule has 1 N–H and O–H groups in total. The van der Waals surface area contributed by atoms with E-state index >= 15 is 0 Å². The van der Waals surface area contributed by atoms with Gasteiger partial charge in [0.05, 0.1) is 10.6 Å². The lowest BCUT2D eigenvalue weighted by Gasteiger charge is -2.07. The van der Waals surface area contributed by atoms with Crippen molar-refractivity contribution in [2.24, 2.45) is 0 Å². The minimum absolute atomic E-state index is 0.233. The fourth-order valence-electron chi connectivity index (χ4n) is 2.20. The van der Waals surface area contributed by atoms with Crippen LogP contribution in [0.25, 0.3) is 0 Å². The number of allylic oxidation sites excluding steroid dienone is 1. The van der Waals surface area contributed by atoms with Crippen molar-refractivity contribution in [2.45, 2.75) is 38.2 Å². The summed E-state index contributed by atoms with van der Waals surface area (Å²) in [6.07, 6.45) is 6.55. The summed E-state index contributed by atoms with van der Waals surface area (Å²) in [6, 6.07) is 5.10. The maximum absolute atomic E-state index is 13.1. The molecular weight excluding hydrogens is 283 g/mol. The van der Waals surface area contributed by atoms with Crippen LogP contribution >= 0.6 is 15.9 Å². The molecule has 2 rings (SSSR count). The van der Waals surface area contributed by atoms with E-state index in [-0.39, 0.29) is 11.9 Å². The Morgan fingerprint density at radius 2 is 2.18 bits per heavy atom. The second kappa shape index (κ2) is 5.78. The van der Waals surface area contributed by atoms with Gasteiger partial charge in [-0.2, -0.15) is 0 Å². The Morgan fingerprint density at radius 3 is 2.94 bits per heavy atom. The minimum atomic E-state index is -0.309. The summed E-state index contributed by atoms with van der Waals surface area (Å²) in [6.45, 7) is 0. The van der Waals surface area contributed by atoms with Crippen molar-refractivity contribution >= 4 is 15.9 Å². The number of aliphatic hydroxyl groups excluding tert-OH is 1. The van der Waals surface area contributed by atoms with Crippen molar-refractivity contribution in [1.29, 1.82) is 0 Å². The second-order valence-corrected chi connectivity index (χ2v) is 5.42. The first-order valence-electron chi connectivity index (χ1n) is 5.97. The lowest BCUT2D eigenvalue weighted by molar-refractivity contribution is 0.211. The molecule has 1 atom stereocenters. The zero-order valence-corrected chi connectivity index (χ0v) is 11.2. The molecular formula is C14H16BrFO. The van der Waals surface area contributed by atoms with Crippen molar-refractivity contribution in [1.82, 2.24) is 0 Å². The summed E-state index contributed by atoms with van der Waals surface area (Å²) in [5, 5.41) is 9.69. The first-order chi connectivity index (χ1) is 8.15. The third-order valence-electron chi connectivity index (χ3n) is 3.09. The van der Waals surface area contributed by atoms with Crippen LogP contribution < -0.4 is 0 Å². The van der Waals surface area contributed by atoms with Gasteiger partial charge in [0.1, 0.15) is 5.82 Å². The Morgan fingerprint density at radius 1 is 1.35 bits per heavy atom. The molecule has 92 valence electrons. The maximum atomic E-state index is 13.1. The molecule has 1 aromatic rings. The summed E-state index contributed by atoms with van der Waals surface area (Å²) in [5.41, 5.74) is 2.34. The number of halogens is 2. The first-order valence-corrected chi connectivity index (χ1v) is 6.76. The van der Waals surface area contributed by atoms with Crippen molar-refractivity contribution in [3.05, 3.63) is 45.7 Å². The topological polar surface area (TPSA) is 20.2 Å². The van der Waals surface area contributed by atoms with E-state index in [2.05, 4.69) is 15.9 Å². The molecule has 1 aliphatic carbocycles. The van der Waals surface area contributed by atoms with Crippen LogP contribution in [-0.4, -0.2) is 11.2 Å². The van der Waals surface area contributed by atoms with E-state index in [1.165, 1.54) is 11.6 Å². The molecule has 0 saturated carbocycles. The molecule has 0 aliphatic heterocycles. The van der Waals surface area contributed by atoms with Crippen LogP contribution in [-0.2, 0) is 6.42 Å². The summed E-state index contributed by atoms with van der Waals surface area (Å²) >= 11 is 3.19. The van der Waals surface area contributed by atoms with Gasteiger partial charge in [-0.25, -0.2) is 4.39 Å². The van der Waals surface area contributed by atoms with E-state index in [9.17, 15) is 9.50 Å². The Bertz CT molecular complexity index is 428. The summed E-state index contributed by atoms with van der Waals surface area (Å²) < 4.78 is 13.6. The summed E-state index contributed by atoms with van der Waals surface area (Å²) in [7, 11) is 0. The van der Waals surface area contributed by atoms with Gasteiger partial charge in [-0.15, -0.1) is 0 Å². The van der Waals surface area contributed by atoms with Gasteiger partial charge in [0.15, 0.2) is 0 Å². The van der Waals surface area contributed by atoms with Crippen molar-refractivity contribution in [3.8, 4) is 0 Å². The van der Waals surface area contributed by atoms with Crippen LogP contribution in [0.15, 0.2) is 34.3 Å². The van der Waals surface area contributed by atoms with Gasteiger partial charge < -0.3 is 5.11 Å². The zero-order valence-electron chi connectivity index (χ0n) is 9.63. The van der Waals surface area contributed by atoms with E-state index in [0.29, 0.717) is 4.47 Å². The summed E-state index contributed by atoms with van der Waals surface area (Å²) in [5.74, 6) is -0.233. The lowest BCUT2D eigenvalue weighted by atomic mass is 10.0. The van der Waals surface area contributed by atoms with Crippen LogP contribution in [0.5, 0.6) is 0 Å². The van der Waals surface area contributed by atoms with Gasteiger partial charge in [0.2, 0.25) is 0 Å². The maximum Gasteiger partial charge on any atom is 0.137 e. The van der Waals surface area contributed by atoms with Crippen LogP contribution in [0, 0.1) is 5.82 Å². The molecule has 0 spiro atoms. The number of rotatable bonds is 2. The Balaban J connectivity index is 2.11. The fraction of sp³-hybridized carbons (Fsp3) is 0.429. The largest absolute Gasteiger partial charge is 0.389 e. The molecule has 0 amide bonds. The molecule has 0 fully saturated rings. The third-order valence-corrected chi connectivity index (χ3v) is 3.70.